The summed E-state index contributed by atoms with van der Waals surface area (Å²) in [6, 6.07) is 14.9. The molecule has 0 spiro atoms. The van der Waals surface area contributed by atoms with Crippen molar-refractivity contribution in [2.24, 2.45) is 0 Å². The summed E-state index contributed by atoms with van der Waals surface area (Å²) in [6.07, 6.45) is 0. The van der Waals surface area contributed by atoms with Crippen LogP contribution in [0.1, 0.15) is 13.8 Å². The van der Waals surface area contributed by atoms with Crippen molar-refractivity contribution in [3.63, 3.8) is 0 Å². The average molecular weight is 294 g/mol. The quantitative estimate of drug-likeness (QED) is 0.710. The van der Waals surface area contributed by atoms with Gasteiger partial charge in [0.15, 0.2) is 0 Å². The average Bonchev–Trinajstić information content (AvgIpc) is 2.46. The first-order valence-electron chi connectivity index (χ1n) is 7.79. The monoisotopic (exact) mass is 294 g/mol. The van der Waals surface area contributed by atoms with Gasteiger partial charge in [0.25, 0.3) is 0 Å². The molecule has 2 heteroatoms. The molecule has 0 fully saturated rings. The highest BCUT2D eigenvalue weighted by Crippen LogP contribution is 2.22. The second kappa shape index (κ2) is 7.81. The fourth-order valence-corrected chi connectivity index (χ4v) is 2.71. The maximum absolute atomic E-state index is 4.02. The summed E-state index contributed by atoms with van der Waals surface area (Å²) in [6.45, 7) is 15.9. The van der Waals surface area contributed by atoms with Crippen molar-refractivity contribution in [3.05, 3.63) is 66.8 Å². The normalized spacial score (nSPS) is 10.9. The second-order valence-electron chi connectivity index (χ2n) is 6.08. The van der Waals surface area contributed by atoms with Crippen LogP contribution in [-0.2, 0) is 0 Å². The minimum atomic E-state index is 0.911. The standard InChI is InChI=1S/C20H26N2/c1-16(2)14-22(15-17(3)4)13-12-21-20-11-7-9-18-8-5-6-10-19(18)20/h5-11,21H,1,3,12-15H2,2,4H3. The zero-order valence-electron chi connectivity index (χ0n) is 13.7. The Bertz CT molecular complexity index is 636. The van der Waals surface area contributed by atoms with Crippen LogP contribution in [0.4, 0.5) is 5.69 Å². The van der Waals surface area contributed by atoms with E-state index in [1.54, 1.807) is 0 Å². The predicted octanol–water partition coefficient (Wildman–Crippen LogP) is 4.71. The molecule has 22 heavy (non-hydrogen) atoms. The molecule has 0 bridgehead atoms. The molecule has 0 aliphatic heterocycles. The third-order valence-electron chi connectivity index (χ3n) is 3.52. The Morgan fingerprint density at radius 3 is 2.27 bits per heavy atom. The molecule has 0 saturated carbocycles. The van der Waals surface area contributed by atoms with Gasteiger partial charge >= 0.3 is 0 Å². The van der Waals surface area contributed by atoms with Gasteiger partial charge in [0.1, 0.15) is 0 Å². The van der Waals surface area contributed by atoms with E-state index in [0.29, 0.717) is 0 Å². The molecule has 0 amide bonds. The largest absolute Gasteiger partial charge is 0.383 e. The molecule has 0 saturated heterocycles. The molecular formula is C20H26N2. The van der Waals surface area contributed by atoms with Crippen LogP contribution in [0, 0.1) is 0 Å². The Hall–Kier alpha value is -2.06. The van der Waals surface area contributed by atoms with Gasteiger partial charge in [-0.2, -0.15) is 0 Å². The van der Waals surface area contributed by atoms with Gasteiger partial charge < -0.3 is 5.32 Å². The zero-order chi connectivity index (χ0) is 15.9. The Balaban J connectivity index is 1.98. The van der Waals surface area contributed by atoms with Crippen molar-refractivity contribution in [1.29, 1.82) is 0 Å². The van der Waals surface area contributed by atoms with Crippen LogP contribution >= 0.6 is 0 Å². The van der Waals surface area contributed by atoms with Crippen molar-refractivity contribution < 1.29 is 0 Å². The molecule has 1 N–H and O–H groups in total. The van der Waals surface area contributed by atoms with Crippen LogP contribution in [0.15, 0.2) is 66.8 Å². The lowest BCUT2D eigenvalue weighted by Crippen LogP contribution is -2.31. The first-order chi connectivity index (χ1) is 10.6. The molecule has 2 rings (SSSR count). The summed E-state index contributed by atoms with van der Waals surface area (Å²) in [5.74, 6) is 0. The van der Waals surface area contributed by atoms with Gasteiger partial charge in [-0.15, -0.1) is 0 Å². The van der Waals surface area contributed by atoms with Crippen molar-refractivity contribution in [3.8, 4) is 0 Å². The number of anilines is 1. The first-order valence-corrected chi connectivity index (χ1v) is 7.79. The van der Waals surface area contributed by atoms with Gasteiger partial charge in [-0.3, -0.25) is 4.90 Å². The van der Waals surface area contributed by atoms with E-state index in [9.17, 15) is 0 Å². The molecular weight excluding hydrogens is 268 g/mol. The molecule has 0 atom stereocenters. The summed E-state index contributed by atoms with van der Waals surface area (Å²) < 4.78 is 0. The highest BCUT2D eigenvalue weighted by atomic mass is 15.1. The third kappa shape index (κ3) is 4.74. The van der Waals surface area contributed by atoms with Crippen LogP contribution in [0.25, 0.3) is 10.8 Å². The van der Waals surface area contributed by atoms with E-state index in [-0.39, 0.29) is 0 Å². The Morgan fingerprint density at radius 2 is 1.59 bits per heavy atom. The van der Waals surface area contributed by atoms with Gasteiger partial charge in [0.2, 0.25) is 0 Å². The maximum atomic E-state index is 4.02. The van der Waals surface area contributed by atoms with Gasteiger partial charge in [0, 0.05) is 37.3 Å². The number of nitrogens with one attached hydrogen (secondary N) is 1. The fourth-order valence-electron chi connectivity index (χ4n) is 2.71. The van der Waals surface area contributed by atoms with Crippen LogP contribution < -0.4 is 5.32 Å². The first kappa shape index (κ1) is 16.3. The van der Waals surface area contributed by atoms with E-state index in [2.05, 4.69) is 79.7 Å². The Kier molecular flexibility index (Phi) is 5.79. The van der Waals surface area contributed by atoms with E-state index in [1.807, 2.05) is 0 Å². The summed E-state index contributed by atoms with van der Waals surface area (Å²) in [7, 11) is 0. The number of rotatable bonds is 8. The van der Waals surface area contributed by atoms with E-state index in [1.165, 1.54) is 27.6 Å². The molecule has 0 heterocycles. The molecule has 2 aromatic rings. The van der Waals surface area contributed by atoms with Crippen molar-refractivity contribution >= 4 is 16.5 Å². The molecule has 0 aliphatic carbocycles. The second-order valence-corrected chi connectivity index (χ2v) is 6.08. The fraction of sp³-hybridized carbons (Fsp3) is 0.300. The van der Waals surface area contributed by atoms with Crippen molar-refractivity contribution in [2.45, 2.75) is 13.8 Å². The molecule has 2 aromatic carbocycles. The van der Waals surface area contributed by atoms with E-state index >= 15 is 0 Å². The van der Waals surface area contributed by atoms with Gasteiger partial charge in [-0.05, 0) is 25.3 Å². The predicted molar refractivity (Wildman–Crippen MR) is 98.5 cm³/mol. The van der Waals surface area contributed by atoms with Gasteiger partial charge in [-0.25, -0.2) is 0 Å². The third-order valence-corrected chi connectivity index (χ3v) is 3.52. The minimum Gasteiger partial charge on any atom is -0.383 e. The van der Waals surface area contributed by atoms with Crippen molar-refractivity contribution in [2.75, 3.05) is 31.5 Å². The van der Waals surface area contributed by atoms with Gasteiger partial charge in [0.05, 0.1) is 0 Å². The Morgan fingerprint density at radius 1 is 0.955 bits per heavy atom. The summed E-state index contributed by atoms with van der Waals surface area (Å²) in [4.78, 5) is 2.38. The summed E-state index contributed by atoms with van der Waals surface area (Å²) in [5.41, 5.74) is 3.57. The van der Waals surface area contributed by atoms with Crippen LogP contribution in [-0.4, -0.2) is 31.1 Å². The summed E-state index contributed by atoms with van der Waals surface area (Å²) >= 11 is 0. The lowest BCUT2D eigenvalue weighted by molar-refractivity contribution is 0.334. The lowest BCUT2D eigenvalue weighted by Gasteiger charge is -2.23. The number of benzene rings is 2. The van der Waals surface area contributed by atoms with Crippen LogP contribution in [0.2, 0.25) is 0 Å². The highest BCUT2D eigenvalue weighted by molar-refractivity contribution is 5.93. The van der Waals surface area contributed by atoms with Crippen molar-refractivity contribution in [1.82, 2.24) is 4.90 Å². The zero-order valence-corrected chi connectivity index (χ0v) is 13.7. The van der Waals surface area contributed by atoms with Gasteiger partial charge in [-0.1, -0.05) is 60.7 Å². The van der Waals surface area contributed by atoms with Crippen LogP contribution in [0.5, 0.6) is 0 Å². The van der Waals surface area contributed by atoms with E-state index in [0.717, 1.165) is 26.2 Å². The molecule has 0 radical (unpaired) electrons. The number of hydrogen-bond donors (Lipinski definition) is 1. The summed E-state index contributed by atoms with van der Waals surface area (Å²) in [5, 5.41) is 6.11. The molecule has 116 valence electrons. The van der Waals surface area contributed by atoms with Crippen LogP contribution in [0.3, 0.4) is 0 Å². The smallest absolute Gasteiger partial charge is 0.0420 e. The molecule has 0 aromatic heterocycles. The van der Waals surface area contributed by atoms with E-state index < -0.39 is 0 Å². The molecule has 2 nitrogen and oxygen atoms in total. The highest BCUT2D eigenvalue weighted by Gasteiger charge is 2.06. The maximum Gasteiger partial charge on any atom is 0.0420 e. The minimum absolute atomic E-state index is 0.911. The topological polar surface area (TPSA) is 15.3 Å². The number of hydrogen-bond acceptors (Lipinski definition) is 2. The number of nitrogens with zero attached hydrogens (tertiary/aromatic N) is 1. The SMILES string of the molecule is C=C(C)CN(CCNc1cccc2ccccc12)CC(=C)C. The molecule has 0 aliphatic rings. The molecule has 0 unspecified atom stereocenters. The lowest BCUT2D eigenvalue weighted by atomic mass is 10.1. The number of fused-ring (bicyclic) bond motifs is 1. The van der Waals surface area contributed by atoms with E-state index in [4.69, 9.17) is 0 Å². The Labute approximate surface area is 134 Å².